The zero-order valence-electron chi connectivity index (χ0n) is 14.8. The van der Waals surface area contributed by atoms with Crippen LogP contribution in [0.3, 0.4) is 0 Å². The molecule has 0 saturated heterocycles. The van der Waals surface area contributed by atoms with Crippen LogP contribution in [0.4, 0.5) is 0 Å². The number of aromatic nitrogens is 1. The molecule has 0 aliphatic rings. The first kappa shape index (κ1) is 20.3. The summed E-state index contributed by atoms with van der Waals surface area (Å²) in [6.07, 6.45) is 0.111. The number of carbonyl (C=O) groups excluding carboxylic acids is 2. The van der Waals surface area contributed by atoms with Crippen molar-refractivity contribution in [2.75, 3.05) is 6.61 Å². The minimum Gasteiger partial charge on any atom is -0.466 e. The molecule has 1 heterocycles. The number of hydrogen-bond donors (Lipinski definition) is 1. The molecule has 1 amide bonds. The fourth-order valence-corrected chi connectivity index (χ4v) is 3.91. The number of aryl methyl sites for hydroxylation is 1. The van der Waals surface area contributed by atoms with E-state index < -0.39 is 10.0 Å². The normalized spacial score (nSPS) is 12.7. The van der Waals surface area contributed by atoms with Crippen LogP contribution < -0.4 is 9.94 Å². The van der Waals surface area contributed by atoms with Crippen LogP contribution in [0.1, 0.15) is 27.2 Å². The molecule has 8 nitrogen and oxygen atoms in total. The van der Waals surface area contributed by atoms with E-state index in [0.717, 1.165) is 0 Å². The molecule has 0 aliphatic heterocycles. The highest BCUT2D eigenvalue weighted by molar-refractivity contribution is 7.89. The van der Waals surface area contributed by atoms with Gasteiger partial charge in [-0.3, -0.25) is 9.59 Å². The third-order valence-electron chi connectivity index (χ3n) is 3.53. The third-order valence-corrected chi connectivity index (χ3v) is 5.48. The number of ether oxygens (including phenoxy) is 1. The smallest absolute Gasteiger partial charge is 0.307 e. The van der Waals surface area contributed by atoms with Gasteiger partial charge < -0.3 is 9.30 Å². The lowest BCUT2D eigenvalue weighted by molar-refractivity contribution is -0.143. The number of primary sulfonamides is 1. The maximum Gasteiger partial charge on any atom is 0.307 e. The molecule has 0 bridgehead atoms. The molecule has 2 rings (SSSR count). The molecule has 26 heavy (non-hydrogen) atoms. The number of nitrogens with two attached hydrogens (primary N) is 1. The molecular weight excluding hydrogens is 378 g/mol. The number of rotatable bonds is 6. The van der Waals surface area contributed by atoms with E-state index in [1.54, 1.807) is 31.4 Å². The summed E-state index contributed by atoms with van der Waals surface area (Å²) in [5.41, 5.74) is 0.669. The molecule has 1 aromatic carbocycles. The van der Waals surface area contributed by atoms with Crippen molar-refractivity contribution in [1.29, 1.82) is 0 Å². The Morgan fingerprint density at radius 3 is 2.62 bits per heavy atom. The van der Waals surface area contributed by atoms with Gasteiger partial charge in [-0.15, -0.1) is 0 Å². The van der Waals surface area contributed by atoms with Gasteiger partial charge in [0, 0.05) is 12.5 Å². The van der Waals surface area contributed by atoms with Gasteiger partial charge >= 0.3 is 5.97 Å². The molecule has 1 aromatic heterocycles. The average Bonchev–Trinajstić information content (AvgIpc) is 2.88. The maximum atomic E-state index is 12.0. The molecule has 0 fully saturated rings. The number of amides is 1. The van der Waals surface area contributed by atoms with E-state index in [1.165, 1.54) is 23.5 Å². The number of esters is 1. The van der Waals surface area contributed by atoms with Crippen molar-refractivity contribution in [3.8, 4) is 0 Å². The summed E-state index contributed by atoms with van der Waals surface area (Å²) in [5.74, 6) is -0.937. The summed E-state index contributed by atoms with van der Waals surface area (Å²) in [6, 6.07) is 4.42. The van der Waals surface area contributed by atoms with Crippen molar-refractivity contribution in [2.45, 2.75) is 38.6 Å². The number of sulfonamides is 1. The highest BCUT2D eigenvalue weighted by Crippen LogP contribution is 2.21. The lowest BCUT2D eigenvalue weighted by Gasteiger charge is -2.06. The van der Waals surface area contributed by atoms with Crippen molar-refractivity contribution < 1.29 is 22.7 Å². The molecule has 0 spiro atoms. The summed E-state index contributed by atoms with van der Waals surface area (Å²) in [4.78, 5) is 28.2. The van der Waals surface area contributed by atoms with Gasteiger partial charge in [0.25, 0.3) is 5.91 Å². The van der Waals surface area contributed by atoms with E-state index in [-0.39, 0.29) is 42.3 Å². The van der Waals surface area contributed by atoms with Gasteiger partial charge in [0.15, 0.2) is 4.80 Å². The predicted octanol–water partition coefficient (Wildman–Crippen LogP) is 1.39. The minimum atomic E-state index is -3.84. The van der Waals surface area contributed by atoms with Gasteiger partial charge in [-0.2, -0.15) is 4.99 Å². The Hall–Kier alpha value is -2.04. The monoisotopic (exact) mass is 399 g/mol. The van der Waals surface area contributed by atoms with Crippen molar-refractivity contribution in [1.82, 2.24) is 4.57 Å². The van der Waals surface area contributed by atoms with Crippen LogP contribution in [-0.2, 0) is 30.9 Å². The van der Waals surface area contributed by atoms with E-state index in [2.05, 4.69) is 4.99 Å². The Kier molecular flexibility index (Phi) is 6.32. The van der Waals surface area contributed by atoms with E-state index in [9.17, 15) is 18.0 Å². The molecule has 142 valence electrons. The fourth-order valence-electron chi connectivity index (χ4n) is 2.19. The maximum absolute atomic E-state index is 12.0. The summed E-state index contributed by atoms with van der Waals surface area (Å²) in [7, 11) is -3.84. The number of carbonyl (C=O) groups is 2. The van der Waals surface area contributed by atoms with Gasteiger partial charge in [-0.25, -0.2) is 13.6 Å². The Balaban J connectivity index is 2.57. The third kappa shape index (κ3) is 4.77. The Morgan fingerprint density at radius 1 is 1.35 bits per heavy atom. The quantitative estimate of drug-likeness (QED) is 0.736. The Morgan fingerprint density at radius 2 is 2.04 bits per heavy atom. The van der Waals surface area contributed by atoms with Gasteiger partial charge in [0.05, 0.1) is 28.1 Å². The van der Waals surface area contributed by atoms with Crippen molar-refractivity contribution in [3.05, 3.63) is 23.0 Å². The lowest BCUT2D eigenvalue weighted by Crippen LogP contribution is -2.20. The second-order valence-corrected chi connectivity index (χ2v) is 8.44. The van der Waals surface area contributed by atoms with Crippen molar-refractivity contribution in [3.63, 3.8) is 0 Å². The first-order chi connectivity index (χ1) is 12.1. The van der Waals surface area contributed by atoms with Crippen LogP contribution in [0.25, 0.3) is 10.2 Å². The highest BCUT2D eigenvalue weighted by Gasteiger charge is 2.15. The summed E-state index contributed by atoms with van der Waals surface area (Å²) in [5, 5.41) is 5.18. The summed E-state index contributed by atoms with van der Waals surface area (Å²) >= 11 is 1.17. The Bertz CT molecular complexity index is 1000. The van der Waals surface area contributed by atoms with Crippen LogP contribution >= 0.6 is 11.3 Å². The van der Waals surface area contributed by atoms with E-state index in [4.69, 9.17) is 9.88 Å². The highest BCUT2D eigenvalue weighted by atomic mass is 32.2. The first-order valence-electron chi connectivity index (χ1n) is 8.04. The van der Waals surface area contributed by atoms with Crippen LogP contribution in [0.5, 0.6) is 0 Å². The number of hydrogen-bond acceptors (Lipinski definition) is 6. The van der Waals surface area contributed by atoms with Crippen LogP contribution in [0.15, 0.2) is 28.1 Å². The molecule has 0 saturated carbocycles. The van der Waals surface area contributed by atoms with Gasteiger partial charge in [0.1, 0.15) is 0 Å². The van der Waals surface area contributed by atoms with E-state index in [0.29, 0.717) is 15.0 Å². The Labute approximate surface area is 155 Å². The second-order valence-electron chi connectivity index (χ2n) is 5.87. The van der Waals surface area contributed by atoms with Crippen LogP contribution in [0.2, 0.25) is 0 Å². The van der Waals surface area contributed by atoms with Gasteiger partial charge in [-0.1, -0.05) is 25.2 Å². The topological polar surface area (TPSA) is 121 Å². The second kappa shape index (κ2) is 8.11. The van der Waals surface area contributed by atoms with Crippen LogP contribution in [0, 0.1) is 5.92 Å². The lowest BCUT2D eigenvalue weighted by atomic mass is 10.2. The summed E-state index contributed by atoms with van der Waals surface area (Å²) < 4.78 is 30.4. The van der Waals surface area contributed by atoms with Crippen molar-refractivity contribution in [2.24, 2.45) is 16.0 Å². The molecule has 0 radical (unpaired) electrons. The fraction of sp³-hybridized carbons (Fsp3) is 0.438. The molecule has 10 heteroatoms. The van der Waals surface area contributed by atoms with Crippen LogP contribution in [-0.4, -0.2) is 31.5 Å². The van der Waals surface area contributed by atoms with Crippen molar-refractivity contribution >= 4 is 43.5 Å². The molecular formula is C16H21N3O5S2. The summed E-state index contributed by atoms with van der Waals surface area (Å²) in [6.45, 7) is 5.75. The number of thiazole rings is 1. The number of benzene rings is 1. The average molecular weight is 399 g/mol. The SMILES string of the molecule is CCOC(=O)CCn1c(=NC(=O)C(C)C)sc2cc(S(N)(=O)=O)ccc21. The van der Waals surface area contributed by atoms with E-state index in [1.807, 2.05) is 0 Å². The predicted molar refractivity (Wildman–Crippen MR) is 97.8 cm³/mol. The number of fused-ring (bicyclic) bond motifs is 1. The molecule has 2 aromatic rings. The standard InChI is InChI=1S/C16H21N3O5S2/c1-4-24-14(20)7-8-19-12-6-5-11(26(17,22)23)9-13(12)25-16(19)18-15(21)10(2)3/h5-6,9-10H,4,7-8H2,1-3H3,(H2,17,22,23). The zero-order valence-corrected chi connectivity index (χ0v) is 16.4. The first-order valence-corrected chi connectivity index (χ1v) is 10.4. The largest absolute Gasteiger partial charge is 0.466 e. The van der Waals surface area contributed by atoms with Gasteiger partial charge in [-0.05, 0) is 25.1 Å². The minimum absolute atomic E-state index is 0.0227. The molecule has 0 unspecified atom stereocenters. The number of nitrogens with zero attached hydrogens (tertiary/aromatic N) is 2. The molecule has 0 atom stereocenters. The van der Waals surface area contributed by atoms with Gasteiger partial charge in [0.2, 0.25) is 10.0 Å². The molecule has 0 aliphatic carbocycles. The zero-order chi connectivity index (χ0) is 19.5. The molecule has 2 N–H and O–H groups in total. The van der Waals surface area contributed by atoms with E-state index >= 15 is 0 Å².